The van der Waals surface area contributed by atoms with E-state index in [9.17, 15) is 8.42 Å². The topological polar surface area (TPSA) is 49.4 Å². The van der Waals surface area contributed by atoms with E-state index in [1.807, 2.05) is 0 Å². The minimum Gasteiger partial charge on any atom is -0.384 e. The van der Waals surface area contributed by atoms with Crippen LogP contribution in [0.2, 0.25) is 0 Å². The van der Waals surface area contributed by atoms with Crippen LogP contribution in [0, 0.1) is 0 Å². The first-order chi connectivity index (χ1) is 10.1. The Morgan fingerprint density at radius 2 is 2.29 bits per heavy atom. The van der Waals surface area contributed by atoms with E-state index in [4.69, 9.17) is 0 Å². The lowest BCUT2D eigenvalue weighted by molar-refractivity contribution is 0.262. The Morgan fingerprint density at radius 3 is 3.10 bits per heavy atom. The maximum atomic E-state index is 12.3. The van der Waals surface area contributed by atoms with Crippen LogP contribution in [0.5, 0.6) is 0 Å². The van der Waals surface area contributed by atoms with Crippen molar-refractivity contribution >= 4 is 27.3 Å². The predicted molar refractivity (Wildman–Crippen MR) is 89.6 cm³/mol. The van der Waals surface area contributed by atoms with E-state index in [0.29, 0.717) is 5.75 Å². The zero-order valence-electron chi connectivity index (χ0n) is 12.3. The van der Waals surface area contributed by atoms with Crippen molar-refractivity contribution in [2.45, 2.75) is 25.3 Å². The zero-order valence-corrected chi connectivity index (χ0v) is 14.0. The van der Waals surface area contributed by atoms with Crippen molar-refractivity contribution in [2.24, 2.45) is 0 Å². The Bertz CT molecular complexity index is 616. The van der Waals surface area contributed by atoms with Crippen molar-refractivity contribution in [1.29, 1.82) is 0 Å². The number of nitrogens with zero attached hydrogens (tertiary/aromatic N) is 1. The third-order valence-corrected chi connectivity index (χ3v) is 7.65. The fraction of sp³-hybridized carbons (Fsp3) is 0.600. The molecule has 3 rings (SSSR count). The van der Waals surface area contributed by atoms with Gasteiger partial charge in [0.25, 0.3) is 0 Å². The molecule has 0 amide bonds. The Morgan fingerprint density at radius 1 is 1.43 bits per heavy atom. The van der Waals surface area contributed by atoms with E-state index >= 15 is 0 Å². The fourth-order valence-electron chi connectivity index (χ4n) is 3.08. The molecule has 2 heterocycles. The first kappa shape index (κ1) is 15.2. The molecule has 6 heteroatoms. The van der Waals surface area contributed by atoms with Gasteiger partial charge in [-0.3, -0.25) is 4.90 Å². The molecule has 0 radical (unpaired) electrons. The average Bonchev–Trinajstić information content (AvgIpc) is 2.97. The molecule has 0 saturated carbocycles. The number of thioether (sulfide) groups is 1. The van der Waals surface area contributed by atoms with Gasteiger partial charge in [0.05, 0.1) is 0 Å². The van der Waals surface area contributed by atoms with Gasteiger partial charge in [-0.1, -0.05) is 25.1 Å². The van der Waals surface area contributed by atoms with E-state index in [0.717, 1.165) is 31.8 Å². The predicted octanol–water partition coefficient (Wildman–Crippen LogP) is 1.96. The molecule has 1 saturated heterocycles. The summed E-state index contributed by atoms with van der Waals surface area (Å²) in [6.07, 6.45) is 1.07. The van der Waals surface area contributed by atoms with Crippen LogP contribution in [0.25, 0.3) is 0 Å². The second-order valence-electron chi connectivity index (χ2n) is 5.58. The highest BCUT2D eigenvalue weighted by Crippen LogP contribution is 2.30. The van der Waals surface area contributed by atoms with Gasteiger partial charge in [-0.2, -0.15) is 11.8 Å². The smallest absolute Gasteiger partial charge is 0.166 e. The Kier molecular flexibility index (Phi) is 4.47. The highest BCUT2D eigenvalue weighted by Gasteiger charge is 2.33. The number of hydrogen-bond acceptors (Lipinski definition) is 5. The van der Waals surface area contributed by atoms with Crippen molar-refractivity contribution in [1.82, 2.24) is 4.90 Å². The quantitative estimate of drug-likeness (QED) is 0.917. The van der Waals surface area contributed by atoms with E-state index < -0.39 is 9.84 Å². The normalized spacial score (nSPS) is 22.8. The molecule has 4 nitrogen and oxygen atoms in total. The van der Waals surface area contributed by atoms with Crippen LogP contribution < -0.4 is 5.32 Å². The lowest BCUT2D eigenvalue weighted by Gasteiger charge is -2.35. The van der Waals surface area contributed by atoms with Gasteiger partial charge in [-0.25, -0.2) is 8.42 Å². The van der Waals surface area contributed by atoms with Crippen LogP contribution in [0.15, 0.2) is 18.2 Å². The molecule has 0 aromatic heterocycles. The molecule has 2 aliphatic rings. The molecule has 116 valence electrons. The second kappa shape index (κ2) is 6.18. The summed E-state index contributed by atoms with van der Waals surface area (Å²) in [6.45, 7) is 4.30. The third-order valence-electron chi connectivity index (χ3n) is 4.31. The molecule has 2 aliphatic heterocycles. The highest BCUT2D eigenvalue weighted by molar-refractivity contribution is 8.01. The first-order valence-corrected chi connectivity index (χ1v) is 10.4. The van der Waals surface area contributed by atoms with Crippen LogP contribution in [0.4, 0.5) is 5.69 Å². The van der Waals surface area contributed by atoms with E-state index in [1.165, 1.54) is 16.8 Å². The number of fused-ring (bicyclic) bond motifs is 1. The van der Waals surface area contributed by atoms with Gasteiger partial charge in [0.15, 0.2) is 9.84 Å². The molecule has 1 N–H and O–H groups in total. The molecule has 1 unspecified atom stereocenters. The summed E-state index contributed by atoms with van der Waals surface area (Å²) in [7, 11) is -3.02. The second-order valence-corrected chi connectivity index (χ2v) is 9.18. The van der Waals surface area contributed by atoms with Crippen LogP contribution >= 0.6 is 11.8 Å². The number of hydrogen-bond donors (Lipinski definition) is 1. The SMILES string of the molecule is CCS(=O)(=O)C1CSCCN1Cc1cccc2c1NCC2. The largest absolute Gasteiger partial charge is 0.384 e. The summed E-state index contributed by atoms with van der Waals surface area (Å²) in [5.41, 5.74) is 3.81. The van der Waals surface area contributed by atoms with E-state index in [2.05, 4.69) is 28.4 Å². The minimum absolute atomic E-state index is 0.222. The number of para-hydroxylation sites is 1. The van der Waals surface area contributed by atoms with Gasteiger partial charge < -0.3 is 5.32 Å². The number of nitrogens with one attached hydrogen (secondary N) is 1. The molecule has 1 aromatic rings. The van der Waals surface area contributed by atoms with Crippen molar-refractivity contribution in [3.8, 4) is 0 Å². The molecular weight excluding hydrogens is 304 g/mol. The van der Waals surface area contributed by atoms with Crippen molar-refractivity contribution in [3.05, 3.63) is 29.3 Å². The molecule has 0 bridgehead atoms. The molecule has 21 heavy (non-hydrogen) atoms. The molecule has 1 fully saturated rings. The van der Waals surface area contributed by atoms with Crippen LogP contribution in [0.3, 0.4) is 0 Å². The number of sulfone groups is 1. The van der Waals surface area contributed by atoms with Gasteiger partial charge >= 0.3 is 0 Å². The van der Waals surface area contributed by atoms with Crippen molar-refractivity contribution in [3.63, 3.8) is 0 Å². The molecule has 1 aromatic carbocycles. The summed E-state index contributed by atoms with van der Waals surface area (Å²) in [5.74, 6) is 1.93. The molecule has 1 atom stereocenters. The van der Waals surface area contributed by atoms with Crippen LogP contribution in [0.1, 0.15) is 18.1 Å². The van der Waals surface area contributed by atoms with Gasteiger partial charge in [0.1, 0.15) is 5.37 Å². The van der Waals surface area contributed by atoms with Crippen molar-refractivity contribution < 1.29 is 8.42 Å². The van der Waals surface area contributed by atoms with Crippen LogP contribution in [-0.2, 0) is 22.8 Å². The van der Waals surface area contributed by atoms with E-state index in [1.54, 1.807) is 18.7 Å². The maximum absolute atomic E-state index is 12.3. The maximum Gasteiger partial charge on any atom is 0.166 e. The number of rotatable bonds is 4. The van der Waals surface area contributed by atoms with Gasteiger partial charge in [-0.05, 0) is 17.5 Å². The first-order valence-electron chi connectivity index (χ1n) is 7.50. The summed E-state index contributed by atoms with van der Waals surface area (Å²) in [6, 6.07) is 6.36. The fourth-order valence-corrected chi connectivity index (χ4v) is 6.16. The number of benzene rings is 1. The zero-order chi connectivity index (χ0) is 14.9. The summed E-state index contributed by atoms with van der Waals surface area (Å²) in [5, 5.41) is 3.11. The molecular formula is C15H22N2O2S2. The standard InChI is InChI=1S/C15H22N2O2S2/c1-2-21(18,19)14-11-20-9-8-17(14)10-13-5-3-4-12-6-7-16-15(12)13/h3-5,14,16H,2,6-11H2,1H3. The van der Waals surface area contributed by atoms with Gasteiger partial charge in [0.2, 0.25) is 0 Å². The monoisotopic (exact) mass is 326 g/mol. The Hall–Kier alpha value is -0.720. The lowest BCUT2D eigenvalue weighted by Crippen LogP contribution is -2.47. The Labute approximate surface area is 131 Å². The average molecular weight is 326 g/mol. The van der Waals surface area contributed by atoms with Crippen LogP contribution in [-0.4, -0.2) is 49.0 Å². The van der Waals surface area contributed by atoms with Gasteiger partial charge in [-0.15, -0.1) is 0 Å². The third kappa shape index (κ3) is 3.07. The molecule has 0 spiro atoms. The van der Waals surface area contributed by atoms with Gasteiger partial charge in [0, 0.05) is 42.6 Å². The number of anilines is 1. The summed E-state index contributed by atoms with van der Waals surface area (Å²) in [4.78, 5) is 2.14. The van der Waals surface area contributed by atoms with E-state index in [-0.39, 0.29) is 11.1 Å². The summed E-state index contributed by atoms with van der Waals surface area (Å²) < 4.78 is 24.6. The van der Waals surface area contributed by atoms with Crippen molar-refractivity contribution in [2.75, 3.05) is 35.7 Å². The highest BCUT2D eigenvalue weighted by atomic mass is 32.2. The minimum atomic E-state index is -3.02. The molecule has 0 aliphatic carbocycles. The Balaban J connectivity index is 1.84. The lowest BCUT2D eigenvalue weighted by atomic mass is 10.1. The summed E-state index contributed by atoms with van der Waals surface area (Å²) >= 11 is 1.75.